The lowest BCUT2D eigenvalue weighted by molar-refractivity contribution is 0.0524. The Balaban J connectivity index is 1.95. The third-order valence-corrected chi connectivity index (χ3v) is 4.77. The van der Waals surface area contributed by atoms with E-state index in [1.54, 1.807) is 19.1 Å². The summed E-state index contributed by atoms with van der Waals surface area (Å²) in [5, 5.41) is 15.3. The molecule has 3 aromatic rings. The first-order valence-electron chi connectivity index (χ1n) is 9.62. The number of nitrogen functional groups attached to an aromatic ring is 2. The maximum absolute atomic E-state index is 12.7. The lowest BCUT2D eigenvalue weighted by Gasteiger charge is -2.09. The lowest BCUT2D eigenvalue weighted by atomic mass is 9.98. The number of esters is 1. The number of nitrogens with one attached hydrogen (secondary N) is 3. The van der Waals surface area contributed by atoms with Gasteiger partial charge in [0, 0.05) is 29.4 Å². The summed E-state index contributed by atoms with van der Waals surface area (Å²) in [5.74, 6) is -0.378. The van der Waals surface area contributed by atoms with E-state index in [4.69, 9.17) is 27.0 Å². The first kappa shape index (κ1) is 20.9. The molecule has 7 nitrogen and oxygen atoms in total. The molecule has 1 aromatic heterocycles. The Morgan fingerprint density at radius 2 is 1.53 bits per heavy atom. The monoisotopic (exact) mass is 403 g/mol. The number of rotatable bonds is 8. The molecule has 7 heteroatoms. The zero-order chi connectivity index (χ0) is 21.7. The molecule has 0 aliphatic heterocycles. The topological polar surface area (TPSA) is 142 Å². The predicted octanol–water partition coefficient (Wildman–Crippen LogP) is 2.94. The number of carbonyl (C=O) groups is 1. The Kier molecular flexibility index (Phi) is 6.32. The molecule has 0 fully saturated rings. The van der Waals surface area contributed by atoms with E-state index in [0.717, 1.165) is 22.4 Å². The van der Waals surface area contributed by atoms with Gasteiger partial charge >= 0.3 is 5.97 Å². The van der Waals surface area contributed by atoms with Crippen LogP contribution in [0.1, 0.15) is 50.8 Å². The van der Waals surface area contributed by atoms with Gasteiger partial charge in [0.2, 0.25) is 0 Å². The SMILES string of the molecule is CCOC(=O)c1c(Cc2cccc(C(=N)N)c2)c[nH]c1Cc1cccc(C(=N)N)c1. The van der Waals surface area contributed by atoms with Gasteiger partial charge in [-0.15, -0.1) is 0 Å². The number of benzene rings is 2. The van der Waals surface area contributed by atoms with Crippen molar-refractivity contribution >= 4 is 17.6 Å². The number of hydrogen-bond acceptors (Lipinski definition) is 4. The van der Waals surface area contributed by atoms with Crippen molar-refractivity contribution in [2.75, 3.05) is 6.61 Å². The van der Waals surface area contributed by atoms with E-state index in [1.807, 2.05) is 42.6 Å². The average Bonchev–Trinajstić information content (AvgIpc) is 3.10. The molecule has 0 unspecified atom stereocenters. The molecule has 7 N–H and O–H groups in total. The molecular weight excluding hydrogens is 378 g/mol. The zero-order valence-electron chi connectivity index (χ0n) is 16.8. The minimum absolute atomic E-state index is 0.00000553. The van der Waals surface area contributed by atoms with Crippen LogP contribution in [0.4, 0.5) is 0 Å². The Hall–Kier alpha value is -3.87. The number of carbonyl (C=O) groups excluding carboxylic acids is 1. The highest BCUT2D eigenvalue weighted by Gasteiger charge is 2.20. The number of hydrogen-bond donors (Lipinski definition) is 5. The van der Waals surface area contributed by atoms with Crippen LogP contribution in [-0.2, 0) is 17.6 Å². The van der Waals surface area contributed by atoms with Gasteiger partial charge in [-0.25, -0.2) is 4.79 Å². The van der Waals surface area contributed by atoms with E-state index >= 15 is 0 Å². The Morgan fingerprint density at radius 1 is 0.967 bits per heavy atom. The van der Waals surface area contributed by atoms with Gasteiger partial charge in [-0.05, 0) is 42.2 Å². The van der Waals surface area contributed by atoms with Crippen molar-refractivity contribution in [1.29, 1.82) is 10.8 Å². The van der Waals surface area contributed by atoms with Crippen LogP contribution in [0.5, 0.6) is 0 Å². The first-order chi connectivity index (χ1) is 14.4. The predicted molar refractivity (Wildman–Crippen MR) is 117 cm³/mol. The van der Waals surface area contributed by atoms with Gasteiger partial charge in [-0.2, -0.15) is 0 Å². The molecule has 0 aliphatic rings. The Bertz CT molecular complexity index is 1020. The van der Waals surface area contributed by atoms with E-state index in [0.29, 0.717) is 29.5 Å². The number of amidine groups is 2. The van der Waals surface area contributed by atoms with Crippen molar-refractivity contribution in [2.24, 2.45) is 11.5 Å². The van der Waals surface area contributed by atoms with Gasteiger partial charge in [-0.3, -0.25) is 10.8 Å². The summed E-state index contributed by atoms with van der Waals surface area (Å²) < 4.78 is 5.30. The summed E-state index contributed by atoms with van der Waals surface area (Å²) in [4.78, 5) is 15.9. The summed E-state index contributed by atoms with van der Waals surface area (Å²) in [6, 6.07) is 14.8. The van der Waals surface area contributed by atoms with Crippen LogP contribution in [0.15, 0.2) is 54.7 Å². The second-order valence-electron chi connectivity index (χ2n) is 6.97. The van der Waals surface area contributed by atoms with Gasteiger partial charge in [0.05, 0.1) is 12.2 Å². The lowest BCUT2D eigenvalue weighted by Crippen LogP contribution is -2.12. The van der Waals surface area contributed by atoms with Crippen molar-refractivity contribution in [3.05, 3.63) is 93.8 Å². The molecule has 0 aliphatic carbocycles. The molecular formula is C23H25N5O2. The summed E-state index contributed by atoms with van der Waals surface area (Å²) in [6.07, 6.45) is 2.79. The van der Waals surface area contributed by atoms with Crippen LogP contribution in [0, 0.1) is 10.8 Å². The fourth-order valence-corrected chi connectivity index (χ4v) is 3.37. The van der Waals surface area contributed by atoms with E-state index in [9.17, 15) is 4.79 Å². The number of ether oxygens (including phenoxy) is 1. The second kappa shape index (κ2) is 9.09. The molecule has 0 bridgehead atoms. The molecule has 1 heterocycles. The Labute approximate surface area is 175 Å². The van der Waals surface area contributed by atoms with Crippen LogP contribution in [-0.4, -0.2) is 29.2 Å². The van der Waals surface area contributed by atoms with Gasteiger partial charge in [0.15, 0.2) is 0 Å². The molecule has 0 radical (unpaired) electrons. The van der Waals surface area contributed by atoms with Crippen LogP contribution in [0.25, 0.3) is 0 Å². The van der Waals surface area contributed by atoms with Crippen molar-refractivity contribution in [1.82, 2.24) is 4.98 Å². The number of aromatic nitrogens is 1. The van der Waals surface area contributed by atoms with Gasteiger partial charge in [0.25, 0.3) is 0 Å². The van der Waals surface area contributed by atoms with E-state index in [1.165, 1.54) is 0 Å². The van der Waals surface area contributed by atoms with Crippen LogP contribution >= 0.6 is 0 Å². The largest absolute Gasteiger partial charge is 0.462 e. The third kappa shape index (κ3) is 4.75. The quantitative estimate of drug-likeness (QED) is 0.224. The number of nitrogens with two attached hydrogens (primary N) is 2. The number of aromatic amines is 1. The summed E-state index contributed by atoms with van der Waals surface area (Å²) in [5.41, 5.74) is 16.4. The Morgan fingerprint density at radius 3 is 2.07 bits per heavy atom. The maximum atomic E-state index is 12.7. The standard InChI is InChI=1S/C23H25N5O2/c1-2-30-23(29)20-18(11-14-5-3-7-16(9-14)21(24)25)13-28-19(20)12-15-6-4-8-17(10-15)22(26)27/h3-10,13,28H,2,11-12H2,1H3,(H3,24,25)(H3,26,27). The summed E-state index contributed by atoms with van der Waals surface area (Å²) >= 11 is 0. The fraction of sp³-hybridized carbons (Fsp3) is 0.174. The van der Waals surface area contributed by atoms with Crippen molar-refractivity contribution in [3.63, 3.8) is 0 Å². The molecule has 2 aromatic carbocycles. The van der Waals surface area contributed by atoms with E-state index in [2.05, 4.69) is 4.98 Å². The highest BCUT2D eigenvalue weighted by Crippen LogP contribution is 2.23. The van der Waals surface area contributed by atoms with Gasteiger partial charge < -0.3 is 21.2 Å². The van der Waals surface area contributed by atoms with E-state index < -0.39 is 0 Å². The minimum atomic E-state index is -0.380. The molecule has 3 rings (SSSR count). The molecule has 0 amide bonds. The normalized spacial score (nSPS) is 10.6. The van der Waals surface area contributed by atoms with Gasteiger partial charge in [0.1, 0.15) is 11.7 Å². The summed E-state index contributed by atoms with van der Waals surface area (Å²) in [6.45, 7) is 2.05. The molecule has 0 spiro atoms. The second-order valence-corrected chi connectivity index (χ2v) is 6.97. The summed E-state index contributed by atoms with van der Waals surface area (Å²) in [7, 11) is 0. The van der Waals surface area contributed by atoms with Crippen molar-refractivity contribution < 1.29 is 9.53 Å². The van der Waals surface area contributed by atoms with Crippen LogP contribution in [0.2, 0.25) is 0 Å². The highest BCUT2D eigenvalue weighted by atomic mass is 16.5. The number of H-pyrrole nitrogens is 1. The fourth-order valence-electron chi connectivity index (χ4n) is 3.37. The zero-order valence-corrected chi connectivity index (χ0v) is 16.8. The highest BCUT2D eigenvalue weighted by molar-refractivity contribution is 5.96. The average molecular weight is 403 g/mol. The van der Waals surface area contributed by atoms with Gasteiger partial charge in [-0.1, -0.05) is 36.4 Å². The minimum Gasteiger partial charge on any atom is -0.462 e. The maximum Gasteiger partial charge on any atom is 0.340 e. The van der Waals surface area contributed by atoms with Crippen molar-refractivity contribution in [3.8, 4) is 0 Å². The van der Waals surface area contributed by atoms with Crippen LogP contribution < -0.4 is 11.5 Å². The van der Waals surface area contributed by atoms with Crippen molar-refractivity contribution in [2.45, 2.75) is 19.8 Å². The van der Waals surface area contributed by atoms with Crippen LogP contribution in [0.3, 0.4) is 0 Å². The molecule has 30 heavy (non-hydrogen) atoms. The molecule has 0 saturated carbocycles. The smallest absolute Gasteiger partial charge is 0.340 e. The third-order valence-electron chi connectivity index (χ3n) is 4.77. The molecule has 0 saturated heterocycles. The van der Waals surface area contributed by atoms with E-state index in [-0.39, 0.29) is 24.2 Å². The first-order valence-corrected chi connectivity index (χ1v) is 9.62. The molecule has 154 valence electrons. The molecule has 0 atom stereocenters.